The van der Waals surface area contributed by atoms with Crippen molar-refractivity contribution < 1.29 is 4.79 Å². The van der Waals surface area contributed by atoms with Gasteiger partial charge in [-0.2, -0.15) is 5.10 Å². The first kappa shape index (κ1) is 13.8. The molecule has 0 aliphatic carbocycles. The lowest BCUT2D eigenvalue weighted by atomic mass is 10.2. The normalized spacial score (nSPS) is 12.6. The van der Waals surface area contributed by atoms with Crippen molar-refractivity contribution in [1.82, 2.24) is 24.5 Å². The van der Waals surface area contributed by atoms with E-state index in [0.717, 1.165) is 17.1 Å². The monoisotopic (exact) mass is 303 g/mol. The molecule has 0 spiro atoms. The van der Waals surface area contributed by atoms with Gasteiger partial charge in [-0.25, -0.2) is 4.98 Å². The number of hydrogen-bond acceptors (Lipinski definition) is 4. The summed E-state index contributed by atoms with van der Waals surface area (Å²) in [5.74, 6) is 0.00206. The lowest BCUT2D eigenvalue weighted by Gasteiger charge is -2.15. The first-order valence-electron chi connectivity index (χ1n) is 6.96. The fraction of sp³-hybridized carbons (Fsp3) is 0.357. The molecule has 0 aromatic carbocycles. The molecule has 0 saturated heterocycles. The van der Waals surface area contributed by atoms with Gasteiger partial charge in [-0.3, -0.25) is 13.9 Å². The second-order valence-electron chi connectivity index (χ2n) is 4.78. The van der Waals surface area contributed by atoms with Crippen LogP contribution in [0.3, 0.4) is 0 Å². The summed E-state index contributed by atoms with van der Waals surface area (Å²) in [4.78, 5) is 17.7. The van der Waals surface area contributed by atoms with Crippen LogP contribution in [0.2, 0.25) is 0 Å². The van der Waals surface area contributed by atoms with Crippen molar-refractivity contribution in [3.63, 3.8) is 0 Å². The zero-order valence-electron chi connectivity index (χ0n) is 11.8. The second kappa shape index (κ2) is 6.09. The zero-order chi connectivity index (χ0) is 14.7. The van der Waals surface area contributed by atoms with E-state index in [1.165, 1.54) is 0 Å². The maximum atomic E-state index is 12.2. The summed E-state index contributed by atoms with van der Waals surface area (Å²) < 4.78 is 3.70. The van der Waals surface area contributed by atoms with Gasteiger partial charge in [-0.1, -0.05) is 6.92 Å². The minimum atomic E-state index is -0.245. The summed E-state index contributed by atoms with van der Waals surface area (Å²) in [5, 5.41) is 9.10. The minimum Gasteiger partial charge on any atom is -0.354 e. The van der Waals surface area contributed by atoms with Crippen molar-refractivity contribution in [2.75, 3.05) is 6.54 Å². The molecular formula is C14H17N5OS. The molecule has 3 aromatic rings. The molecule has 1 amide bonds. The van der Waals surface area contributed by atoms with Crippen LogP contribution in [-0.2, 0) is 11.2 Å². The van der Waals surface area contributed by atoms with Gasteiger partial charge in [0.2, 0.25) is 5.91 Å². The quantitative estimate of drug-likeness (QED) is 0.756. The number of aromatic nitrogens is 4. The van der Waals surface area contributed by atoms with Crippen molar-refractivity contribution in [2.45, 2.75) is 25.8 Å². The van der Waals surface area contributed by atoms with Gasteiger partial charge in [0.25, 0.3) is 0 Å². The Labute approximate surface area is 126 Å². The number of thiazole rings is 1. The van der Waals surface area contributed by atoms with Crippen LogP contribution in [0.25, 0.3) is 4.96 Å². The molecule has 0 fully saturated rings. The lowest BCUT2D eigenvalue weighted by molar-refractivity contribution is -0.124. The van der Waals surface area contributed by atoms with E-state index < -0.39 is 0 Å². The van der Waals surface area contributed by atoms with Gasteiger partial charge in [0.05, 0.1) is 5.69 Å². The summed E-state index contributed by atoms with van der Waals surface area (Å²) in [6.07, 6.45) is 8.94. The van der Waals surface area contributed by atoms with E-state index in [0.29, 0.717) is 13.0 Å². The van der Waals surface area contributed by atoms with Gasteiger partial charge in [0.15, 0.2) is 4.96 Å². The Bertz CT molecular complexity index is 686. The molecule has 1 unspecified atom stereocenters. The Kier molecular flexibility index (Phi) is 4.01. The largest absolute Gasteiger partial charge is 0.354 e. The van der Waals surface area contributed by atoms with Crippen molar-refractivity contribution in [2.24, 2.45) is 0 Å². The topological polar surface area (TPSA) is 64.2 Å². The fourth-order valence-corrected chi connectivity index (χ4v) is 3.00. The van der Waals surface area contributed by atoms with Gasteiger partial charge in [-0.05, 0) is 12.5 Å². The Hall–Kier alpha value is -2.15. The summed E-state index contributed by atoms with van der Waals surface area (Å²) in [7, 11) is 0. The SMILES string of the molecule is CCC(C(=O)NCCc1cn2ccsc2n1)n1cccn1. The smallest absolute Gasteiger partial charge is 0.244 e. The van der Waals surface area contributed by atoms with Crippen LogP contribution < -0.4 is 5.32 Å². The van der Waals surface area contributed by atoms with Crippen molar-refractivity contribution in [1.29, 1.82) is 0 Å². The van der Waals surface area contributed by atoms with E-state index in [1.54, 1.807) is 22.2 Å². The number of nitrogens with zero attached hydrogens (tertiary/aromatic N) is 4. The lowest BCUT2D eigenvalue weighted by Crippen LogP contribution is -2.33. The molecule has 110 valence electrons. The number of imidazole rings is 1. The number of rotatable bonds is 6. The maximum absolute atomic E-state index is 12.2. The highest BCUT2D eigenvalue weighted by molar-refractivity contribution is 7.15. The molecule has 3 aromatic heterocycles. The third-order valence-corrected chi connectivity index (χ3v) is 4.13. The average Bonchev–Trinajstić information content (AvgIpc) is 3.15. The van der Waals surface area contributed by atoms with Crippen molar-refractivity contribution in [3.05, 3.63) is 41.9 Å². The van der Waals surface area contributed by atoms with E-state index in [2.05, 4.69) is 15.4 Å². The number of amides is 1. The first-order valence-corrected chi connectivity index (χ1v) is 7.84. The van der Waals surface area contributed by atoms with Crippen molar-refractivity contribution >= 4 is 22.2 Å². The molecule has 3 heterocycles. The molecule has 21 heavy (non-hydrogen) atoms. The van der Waals surface area contributed by atoms with Crippen molar-refractivity contribution in [3.8, 4) is 0 Å². The molecule has 6 nitrogen and oxygen atoms in total. The Balaban J connectivity index is 1.54. The van der Waals surface area contributed by atoms with Crippen LogP contribution in [0.1, 0.15) is 25.1 Å². The van der Waals surface area contributed by atoms with Crippen LogP contribution in [0, 0.1) is 0 Å². The number of nitrogens with one attached hydrogen (secondary N) is 1. The standard InChI is InChI=1S/C14H17N5OS/c1-2-12(19-7-3-5-16-19)13(20)15-6-4-11-10-18-8-9-21-14(18)17-11/h3,5,7-10,12H,2,4,6H2,1H3,(H,15,20). The molecule has 0 bridgehead atoms. The number of fused-ring (bicyclic) bond motifs is 1. The summed E-state index contributed by atoms with van der Waals surface area (Å²) in [6, 6.07) is 1.58. The van der Waals surface area contributed by atoms with Gasteiger partial charge in [-0.15, -0.1) is 11.3 Å². The van der Waals surface area contributed by atoms with E-state index >= 15 is 0 Å². The highest BCUT2D eigenvalue weighted by Crippen LogP contribution is 2.12. The summed E-state index contributed by atoms with van der Waals surface area (Å²) in [5.41, 5.74) is 0.995. The number of carbonyl (C=O) groups excluding carboxylic acids is 1. The van der Waals surface area contributed by atoms with Crippen LogP contribution in [0.15, 0.2) is 36.2 Å². The Morgan fingerprint density at radius 3 is 3.10 bits per heavy atom. The molecule has 0 aliphatic rings. The summed E-state index contributed by atoms with van der Waals surface area (Å²) >= 11 is 1.61. The number of carbonyl (C=O) groups is 1. The maximum Gasteiger partial charge on any atom is 0.244 e. The van der Waals surface area contributed by atoms with E-state index in [-0.39, 0.29) is 11.9 Å². The highest BCUT2D eigenvalue weighted by atomic mass is 32.1. The van der Waals surface area contributed by atoms with Gasteiger partial charge < -0.3 is 5.32 Å². The predicted molar refractivity (Wildman–Crippen MR) is 81.3 cm³/mol. The molecule has 3 rings (SSSR count). The van der Waals surface area contributed by atoms with E-state index in [1.807, 2.05) is 41.4 Å². The molecule has 0 saturated carbocycles. The Morgan fingerprint density at radius 2 is 2.38 bits per heavy atom. The van der Waals surface area contributed by atoms with E-state index in [9.17, 15) is 4.79 Å². The molecule has 1 atom stereocenters. The van der Waals surface area contributed by atoms with Crippen LogP contribution in [-0.4, -0.2) is 31.6 Å². The third kappa shape index (κ3) is 2.97. The van der Waals surface area contributed by atoms with E-state index in [4.69, 9.17) is 0 Å². The number of hydrogen-bond donors (Lipinski definition) is 1. The third-order valence-electron chi connectivity index (χ3n) is 3.36. The van der Waals surface area contributed by atoms with Crippen LogP contribution in [0.4, 0.5) is 0 Å². The fourth-order valence-electron chi connectivity index (χ4n) is 2.29. The van der Waals surface area contributed by atoms with Crippen LogP contribution >= 0.6 is 11.3 Å². The van der Waals surface area contributed by atoms with Gasteiger partial charge in [0, 0.05) is 43.1 Å². The molecule has 0 aliphatic heterocycles. The molecule has 1 N–H and O–H groups in total. The van der Waals surface area contributed by atoms with Crippen LogP contribution in [0.5, 0.6) is 0 Å². The highest BCUT2D eigenvalue weighted by Gasteiger charge is 2.17. The molecular weight excluding hydrogens is 286 g/mol. The molecule has 7 heteroatoms. The minimum absolute atomic E-state index is 0.00206. The predicted octanol–water partition coefficient (Wildman–Crippen LogP) is 1.90. The average molecular weight is 303 g/mol. The van der Waals surface area contributed by atoms with Gasteiger partial charge in [0.1, 0.15) is 6.04 Å². The van der Waals surface area contributed by atoms with Gasteiger partial charge >= 0.3 is 0 Å². The molecule has 0 radical (unpaired) electrons. The second-order valence-corrected chi connectivity index (χ2v) is 5.65. The first-order chi connectivity index (χ1) is 10.3. The summed E-state index contributed by atoms with van der Waals surface area (Å²) in [6.45, 7) is 2.57. The zero-order valence-corrected chi connectivity index (χ0v) is 12.6. The Morgan fingerprint density at radius 1 is 1.48 bits per heavy atom.